The highest BCUT2D eigenvalue weighted by atomic mass is 32.2. The fraction of sp³-hybridized carbons (Fsp3) is 0.929. The van der Waals surface area contributed by atoms with Crippen molar-refractivity contribution in [3.8, 4) is 0 Å². The van der Waals surface area contributed by atoms with Crippen LogP contribution in [-0.2, 0) is 9.53 Å². The number of hydrogen-bond donors (Lipinski definition) is 1. The molecule has 18 heavy (non-hydrogen) atoms. The topological polar surface area (TPSA) is 38.3 Å². The molecule has 0 aliphatic carbocycles. The molecule has 4 heteroatoms. The minimum Gasteiger partial charge on any atom is -0.466 e. The molecule has 1 atom stereocenters. The van der Waals surface area contributed by atoms with Crippen molar-refractivity contribution >= 4 is 17.7 Å². The Balaban J connectivity index is 1.82. The summed E-state index contributed by atoms with van der Waals surface area (Å²) in [7, 11) is 0. The van der Waals surface area contributed by atoms with E-state index in [-0.39, 0.29) is 5.97 Å². The Labute approximate surface area is 115 Å². The summed E-state index contributed by atoms with van der Waals surface area (Å²) in [6.45, 7) is 4.59. The molecule has 1 fully saturated rings. The molecule has 0 bridgehead atoms. The van der Waals surface area contributed by atoms with E-state index in [0.29, 0.717) is 13.0 Å². The predicted octanol–water partition coefficient (Wildman–Crippen LogP) is 2.99. The third-order valence-electron chi connectivity index (χ3n) is 3.19. The van der Waals surface area contributed by atoms with Crippen LogP contribution >= 0.6 is 11.8 Å². The van der Waals surface area contributed by atoms with Crippen LogP contribution in [0, 0.1) is 0 Å². The van der Waals surface area contributed by atoms with Crippen molar-refractivity contribution < 1.29 is 9.53 Å². The Morgan fingerprint density at radius 1 is 1.33 bits per heavy atom. The fourth-order valence-corrected chi connectivity index (χ4v) is 3.43. The quantitative estimate of drug-likeness (QED) is 0.518. The van der Waals surface area contributed by atoms with Crippen molar-refractivity contribution in [1.82, 2.24) is 5.32 Å². The first-order chi connectivity index (χ1) is 8.83. The van der Waals surface area contributed by atoms with Gasteiger partial charge in [-0.3, -0.25) is 4.79 Å². The van der Waals surface area contributed by atoms with E-state index in [2.05, 4.69) is 17.1 Å². The summed E-state index contributed by atoms with van der Waals surface area (Å²) >= 11 is 2.12. The van der Waals surface area contributed by atoms with Gasteiger partial charge in [-0.15, -0.1) is 0 Å². The van der Waals surface area contributed by atoms with Crippen LogP contribution in [0.4, 0.5) is 0 Å². The lowest BCUT2D eigenvalue weighted by molar-refractivity contribution is -0.143. The molecule has 0 radical (unpaired) electrons. The van der Waals surface area contributed by atoms with Gasteiger partial charge in [0.1, 0.15) is 0 Å². The normalized spacial score (nSPS) is 19.7. The molecule has 0 amide bonds. The average Bonchev–Trinajstić information content (AvgIpc) is 2.39. The Hall–Kier alpha value is -0.220. The van der Waals surface area contributed by atoms with E-state index in [1.54, 1.807) is 0 Å². The third kappa shape index (κ3) is 7.98. The maximum atomic E-state index is 11.1. The largest absolute Gasteiger partial charge is 0.466 e. The van der Waals surface area contributed by atoms with Gasteiger partial charge in [-0.2, -0.15) is 11.8 Å². The minimum absolute atomic E-state index is 0.0518. The van der Waals surface area contributed by atoms with E-state index in [1.807, 2.05) is 6.92 Å². The molecule has 1 heterocycles. The zero-order chi connectivity index (χ0) is 13.1. The van der Waals surface area contributed by atoms with Gasteiger partial charge in [0.15, 0.2) is 0 Å². The molecule has 1 N–H and O–H groups in total. The van der Waals surface area contributed by atoms with Crippen LogP contribution in [0.1, 0.15) is 51.9 Å². The molecule has 3 nitrogen and oxygen atoms in total. The Morgan fingerprint density at radius 3 is 2.94 bits per heavy atom. The summed E-state index contributed by atoms with van der Waals surface area (Å²) in [4.78, 5) is 11.1. The summed E-state index contributed by atoms with van der Waals surface area (Å²) in [5.74, 6) is 1.29. The molecular weight excluding hydrogens is 246 g/mol. The van der Waals surface area contributed by atoms with Crippen LogP contribution in [0.2, 0.25) is 0 Å². The first kappa shape index (κ1) is 15.8. The number of carbonyl (C=O) groups is 1. The molecule has 0 aromatic carbocycles. The van der Waals surface area contributed by atoms with Crippen LogP contribution in [0.15, 0.2) is 0 Å². The van der Waals surface area contributed by atoms with Crippen LogP contribution in [-0.4, -0.2) is 36.7 Å². The molecule has 1 aliphatic rings. The molecule has 0 saturated carbocycles. The van der Waals surface area contributed by atoms with Crippen molar-refractivity contribution in [2.45, 2.75) is 57.1 Å². The summed E-state index contributed by atoms with van der Waals surface area (Å²) in [6, 6.07) is 0. The molecule has 1 rings (SSSR count). The van der Waals surface area contributed by atoms with Gasteiger partial charge >= 0.3 is 5.97 Å². The van der Waals surface area contributed by atoms with E-state index >= 15 is 0 Å². The highest BCUT2D eigenvalue weighted by Crippen LogP contribution is 2.24. The van der Waals surface area contributed by atoms with Crippen molar-refractivity contribution in [3.63, 3.8) is 0 Å². The maximum absolute atomic E-state index is 11.1. The van der Waals surface area contributed by atoms with Crippen molar-refractivity contribution in [3.05, 3.63) is 0 Å². The average molecular weight is 273 g/mol. The number of nitrogens with one attached hydrogen (secondary N) is 1. The smallest absolute Gasteiger partial charge is 0.305 e. The number of thioether (sulfide) groups is 1. The van der Waals surface area contributed by atoms with Crippen LogP contribution in [0.3, 0.4) is 0 Å². The summed E-state index contributed by atoms with van der Waals surface area (Å²) in [5, 5.41) is 4.36. The summed E-state index contributed by atoms with van der Waals surface area (Å²) < 4.78 is 4.89. The SMILES string of the molecule is CCOC(=O)CCCCCNCC1CCCCS1. The van der Waals surface area contributed by atoms with Gasteiger partial charge in [-0.1, -0.05) is 12.8 Å². The second kappa shape index (κ2) is 10.7. The molecule has 106 valence electrons. The highest BCUT2D eigenvalue weighted by Gasteiger charge is 2.12. The van der Waals surface area contributed by atoms with Crippen molar-refractivity contribution in [1.29, 1.82) is 0 Å². The molecule has 1 unspecified atom stereocenters. The van der Waals surface area contributed by atoms with Crippen molar-refractivity contribution in [2.75, 3.05) is 25.4 Å². The van der Waals surface area contributed by atoms with Gasteiger partial charge in [-0.25, -0.2) is 0 Å². The first-order valence-corrected chi connectivity index (χ1v) is 8.35. The third-order valence-corrected chi connectivity index (χ3v) is 4.58. The van der Waals surface area contributed by atoms with Crippen molar-refractivity contribution in [2.24, 2.45) is 0 Å². The Kier molecular flexibility index (Phi) is 9.40. The zero-order valence-electron chi connectivity index (χ0n) is 11.6. The van der Waals surface area contributed by atoms with Crippen LogP contribution in [0.5, 0.6) is 0 Å². The molecule has 0 aromatic heterocycles. The lowest BCUT2D eigenvalue weighted by atomic mass is 10.1. The second-order valence-corrected chi connectivity index (χ2v) is 6.22. The summed E-state index contributed by atoms with van der Waals surface area (Å²) in [5.41, 5.74) is 0. The molecule has 0 aromatic rings. The Morgan fingerprint density at radius 2 is 2.22 bits per heavy atom. The predicted molar refractivity (Wildman–Crippen MR) is 78.1 cm³/mol. The maximum Gasteiger partial charge on any atom is 0.305 e. The van der Waals surface area contributed by atoms with E-state index in [1.165, 1.54) is 25.0 Å². The minimum atomic E-state index is -0.0518. The van der Waals surface area contributed by atoms with E-state index in [9.17, 15) is 4.79 Å². The number of hydrogen-bond acceptors (Lipinski definition) is 4. The van der Waals surface area contributed by atoms with E-state index in [4.69, 9.17) is 4.74 Å². The van der Waals surface area contributed by atoms with Gasteiger partial charge in [0.05, 0.1) is 6.61 Å². The lowest BCUT2D eigenvalue weighted by Crippen LogP contribution is -2.27. The van der Waals surface area contributed by atoms with Gasteiger partial charge in [0, 0.05) is 18.2 Å². The van der Waals surface area contributed by atoms with E-state index < -0.39 is 0 Å². The number of carbonyl (C=O) groups excluding carboxylic acids is 1. The number of unbranched alkanes of at least 4 members (excludes halogenated alkanes) is 2. The fourth-order valence-electron chi connectivity index (χ4n) is 2.16. The van der Waals surface area contributed by atoms with Gasteiger partial charge < -0.3 is 10.1 Å². The standard InChI is InChI=1S/C14H27NO2S/c1-2-17-14(16)9-4-3-6-10-15-12-13-8-5-7-11-18-13/h13,15H,2-12H2,1H3. The number of rotatable bonds is 9. The zero-order valence-corrected chi connectivity index (χ0v) is 12.4. The molecule has 1 aliphatic heterocycles. The first-order valence-electron chi connectivity index (χ1n) is 7.31. The number of ether oxygens (including phenoxy) is 1. The van der Waals surface area contributed by atoms with Gasteiger partial charge in [-0.05, 0) is 44.9 Å². The van der Waals surface area contributed by atoms with E-state index in [0.717, 1.165) is 37.6 Å². The molecule has 1 saturated heterocycles. The highest BCUT2D eigenvalue weighted by molar-refractivity contribution is 7.99. The number of esters is 1. The van der Waals surface area contributed by atoms with Gasteiger partial charge in [0.2, 0.25) is 0 Å². The summed E-state index contributed by atoms with van der Waals surface area (Å²) in [6.07, 6.45) is 7.99. The lowest BCUT2D eigenvalue weighted by Gasteiger charge is -2.21. The monoisotopic (exact) mass is 273 g/mol. The Bertz CT molecular complexity index is 218. The van der Waals surface area contributed by atoms with Crippen LogP contribution in [0.25, 0.3) is 0 Å². The van der Waals surface area contributed by atoms with Gasteiger partial charge in [0.25, 0.3) is 0 Å². The second-order valence-electron chi connectivity index (χ2n) is 4.81. The molecular formula is C14H27NO2S. The molecule has 0 spiro atoms. The van der Waals surface area contributed by atoms with Crippen LogP contribution < -0.4 is 5.32 Å².